The molecule has 1 aromatic carbocycles. The number of thioether (sulfide) groups is 1. The highest BCUT2D eigenvalue weighted by Crippen LogP contribution is 2.40. The van der Waals surface area contributed by atoms with Crippen LogP contribution in [0.1, 0.15) is 24.2 Å². The average molecular weight is 299 g/mol. The number of rotatable bonds is 5. The molecule has 1 aromatic heterocycles. The quantitative estimate of drug-likeness (QED) is 0.817. The molecule has 0 radical (unpaired) electrons. The topological polar surface area (TPSA) is 26.0 Å². The number of hydrogen-bond donors (Lipinski definition) is 1. The van der Waals surface area contributed by atoms with Crippen LogP contribution in [0.3, 0.4) is 0 Å². The zero-order valence-corrected chi connectivity index (χ0v) is 12.1. The van der Waals surface area contributed by atoms with Gasteiger partial charge >= 0.3 is 0 Å². The molecule has 0 saturated carbocycles. The fourth-order valence-electron chi connectivity index (χ4n) is 1.76. The van der Waals surface area contributed by atoms with Gasteiger partial charge in [-0.2, -0.15) is 11.3 Å². The summed E-state index contributed by atoms with van der Waals surface area (Å²) in [6, 6.07) is 5.39. The summed E-state index contributed by atoms with van der Waals surface area (Å²) in [6.45, 7) is 1.99. The van der Waals surface area contributed by atoms with Crippen molar-refractivity contribution in [2.24, 2.45) is 5.73 Å². The maximum Gasteiger partial charge on any atom is 0.136 e. The van der Waals surface area contributed by atoms with Crippen LogP contribution in [0.15, 0.2) is 39.9 Å². The number of thiophene rings is 1. The number of halogens is 2. The molecule has 1 nitrogen and oxygen atoms in total. The van der Waals surface area contributed by atoms with E-state index in [2.05, 4.69) is 0 Å². The van der Waals surface area contributed by atoms with Crippen molar-refractivity contribution in [2.45, 2.75) is 29.5 Å². The second kappa shape index (κ2) is 6.50. The molecular weight excluding hydrogens is 284 g/mol. The smallest absolute Gasteiger partial charge is 0.136 e. The van der Waals surface area contributed by atoms with Crippen LogP contribution < -0.4 is 5.73 Å². The van der Waals surface area contributed by atoms with Crippen LogP contribution in [0.25, 0.3) is 0 Å². The van der Waals surface area contributed by atoms with Gasteiger partial charge in [0.05, 0.1) is 5.25 Å². The van der Waals surface area contributed by atoms with E-state index in [1.54, 1.807) is 11.3 Å². The van der Waals surface area contributed by atoms with Crippen molar-refractivity contribution >= 4 is 23.1 Å². The van der Waals surface area contributed by atoms with E-state index in [-0.39, 0.29) is 11.3 Å². The Bertz CT molecular complexity index is 528. The summed E-state index contributed by atoms with van der Waals surface area (Å²) in [5.41, 5.74) is 7.17. The van der Waals surface area contributed by atoms with E-state index in [9.17, 15) is 8.78 Å². The van der Waals surface area contributed by atoms with Gasteiger partial charge in [-0.1, -0.05) is 6.92 Å². The highest BCUT2D eigenvalue weighted by Gasteiger charge is 2.22. The van der Waals surface area contributed by atoms with Gasteiger partial charge in [0.15, 0.2) is 0 Å². The van der Waals surface area contributed by atoms with Gasteiger partial charge in [-0.3, -0.25) is 0 Å². The van der Waals surface area contributed by atoms with Crippen molar-refractivity contribution in [1.82, 2.24) is 0 Å². The Kier molecular flexibility index (Phi) is 4.96. The van der Waals surface area contributed by atoms with E-state index in [4.69, 9.17) is 5.73 Å². The molecule has 2 atom stereocenters. The molecule has 0 aliphatic heterocycles. The van der Waals surface area contributed by atoms with E-state index < -0.39 is 11.6 Å². The van der Waals surface area contributed by atoms with E-state index in [0.29, 0.717) is 4.90 Å². The minimum atomic E-state index is -0.432. The van der Waals surface area contributed by atoms with Gasteiger partial charge in [0, 0.05) is 10.9 Å². The summed E-state index contributed by atoms with van der Waals surface area (Å²) < 4.78 is 26.9. The van der Waals surface area contributed by atoms with Crippen LogP contribution in [0, 0.1) is 11.6 Å². The fraction of sp³-hybridized carbons (Fsp3) is 0.286. The second-order valence-electron chi connectivity index (χ2n) is 4.24. The molecular formula is C14H15F2NS2. The third-order valence-corrected chi connectivity index (χ3v) is 5.02. The minimum Gasteiger partial charge on any atom is -0.326 e. The molecule has 0 saturated heterocycles. The van der Waals surface area contributed by atoms with Gasteiger partial charge < -0.3 is 5.73 Å². The van der Waals surface area contributed by atoms with Crippen molar-refractivity contribution in [1.29, 1.82) is 0 Å². The third kappa shape index (κ3) is 3.55. The molecule has 0 spiro atoms. The molecule has 0 amide bonds. The first-order chi connectivity index (χ1) is 9.11. The molecule has 2 unspecified atom stereocenters. The standard InChI is InChI=1S/C14H15F2NS2/c1-2-12(17)14(9-5-6-18-8-9)19-13-7-10(15)3-4-11(13)16/h3-8,12,14H,2,17H2,1H3. The van der Waals surface area contributed by atoms with Crippen LogP contribution >= 0.6 is 23.1 Å². The Morgan fingerprint density at radius 1 is 1.32 bits per heavy atom. The fourth-order valence-corrected chi connectivity index (χ4v) is 3.83. The van der Waals surface area contributed by atoms with Crippen LogP contribution in [0.2, 0.25) is 0 Å². The lowest BCUT2D eigenvalue weighted by atomic mass is 10.1. The van der Waals surface area contributed by atoms with E-state index in [1.807, 2.05) is 23.8 Å². The predicted octanol–water partition coefficient (Wildman–Crippen LogP) is 4.60. The third-order valence-electron chi connectivity index (χ3n) is 2.88. The zero-order chi connectivity index (χ0) is 13.8. The van der Waals surface area contributed by atoms with Crippen molar-refractivity contribution in [3.63, 3.8) is 0 Å². The van der Waals surface area contributed by atoms with Gasteiger partial charge in [0.2, 0.25) is 0 Å². The SMILES string of the molecule is CCC(N)C(Sc1cc(F)ccc1F)c1ccsc1. The van der Waals surface area contributed by atoms with E-state index >= 15 is 0 Å². The van der Waals surface area contributed by atoms with Crippen molar-refractivity contribution in [2.75, 3.05) is 0 Å². The largest absolute Gasteiger partial charge is 0.326 e. The van der Waals surface area contributed by atoms with Crippen molar-refractivity contribution < 1.29 is 8.78 Å². The summed E-state index contributed by atoms with van der Waals surface area (Å²) in [5.74, 6) is -0.840. The predicted molar refractivity (Wildman–Crippen MR) is 77.5 cm³/mol. The normalized spacial score (nSPS) is 14.3. The first-order valence-corrected chi connectivity index (χ1v) is 7.83. The van der Waals surface area contributed by atoms with Gasteiger partial charge in [-0.15, -0.1) is 11.8 Å². The summed E-state index contributed by atoms with van der Waals surface area (Å²) in [7, 11) is 0. The molecule has 0 fully saturated rings. The lowest BCUT2D eigenvalue weighted by molar-refractivity contribution is 0.574. The molecule has 19 heavy (non-hydrogen) atoms. The molecule has 102 valence electrons. The first kappa shape index (κ1) is 14.5. The van der Waals surface area contributed by atoms with E-state index in [1.165, 1.54) is 17.8 Å². The molecule has 0 aliphatic rings. The Morgan fingerprint density at radius 3 is 2.74 bits per heavy atom. The highest BCUT2D eigenvalue weighted by atomic mass is 32.2. The van der Waals surface area contributed by atoms with Crippen molar-refractivity contribution in [3.8, 4) is 0 Å². The van der Waals surface area contributed by atoms with E-state index in [0.717, 1.165) is 24.1 Å². The van der Waals surface area contributed by atoms with Crippen molar-refractivity contribution in [3.05, 3.63) is 52.2 Å². The Labute approximate surface area is 119 Å². The molecule has 5 heteroatoms. The van der Waals surface area contributed by atoms with Gasteiger partial charge in [-0.05, 0) is 47.0 Å². The Balaban J connectivity index is 2.28. The average Bonchev–Trinajstić information content (AvgIpc) is 2.92. The van der Waals surface area contributed by atoms with Gasteiger partial charge in [-0.25, -0.2) is 8.78 Å². The van der Waals surface area contributed by atoms with Crippen LogP contribution in [0.5, 0.6) is 0 Å². The second-order valence-corrected chi connectivity index (χ2v) is 6.21. The molecule has 2 rings (SSSR count). The maximum atomic E-state index is 13.7. The van der Waals surface area contributed by atoms with Crippen LogP contribution in [-0.2, 0) is 0 Å². The number of nitrogens with two attached hydrogens (primary N) is 1. The number of hydrogen-bond acceptors (Lipinski definition) is 3. The highest BCUT2D eigenvalue weighted by molar-refractivity contribution is 7.99. The summed E-state index contributed by atoms with van der Waals surface area (Å²) in [5, 5.41) is 3.91. The molecule has 2 N–H and O–H groups in total. The maximum absolute atomic E-state index is 13.7. The minimum absolute atomic E-state index is 0.0625. The Hall–Kier alpha value is -0.910. The summed E-state index contributed by atoms with van der Waals surface area (Å²) in [4.78, 5) is 0.306. The zero-order valence-electron chi connectivity index (χ0n) is 10.5. The Morgan fingerprint density at radius 2 is 2.11 bits per heavy atom. The lowest BCUT2D eigenvalue weighted by Crippen LogP contribution is -2.25. The van der Waals surface area contributed by atoms with Crippen LogP contribution in [0.4, 0.5) is 8.78 Å². The molecule has 0 bridgehead atoms. The van der Waals surface area contributed by atoms with Gasteiger partial charge in [0.1, 0.15) is 11.6 Å². The molecule has 2 aromatic rings. The summed E-state index contributed by atoms with van der Waals surface area (Å²) in [6.07, 6.45) is 0.782. The van der Waals surface area contributed by atoms with Gasteiger partial charge in [0.25, 0.3) is 0 Å². The van der Waals surface area contributed by atoms with Crippen LogP contribution in [-0.4, -0.2) is 6.04 Å². The molecule has 0 aliphatic carbocycles. The lowest BCUT2D eigenvalue weighted by Gasteiger charge is -2.22. The summed E-state index contributed by atoms with van der Waals surface area (Å²) >= 11 is 2.86. The number of benzene rings is 1. The first-order valence-electron chi connectivity index (χ1n) is 6.01. The molecule has 1 heterocycles. The monoisotopic (exact) mass is 299 g/mol.